The monoisotopic (exact) mass is 485 g/mol. The Morgan fingerprint density at radius 1 is 1.15 bits per heavy atom. The summed E-state index contributed by atoms with van der Waals surface area (Å²) in [6, 6.07) is 13.6. The third-order valence-corrected chi connectivity index (χ3v) is 6.09. The first-order valence-electron chi connectivity index (χ1n) is 10.1. The van der Waals surface area contributed by atoms with Crippen LogP contribution < -0.4 is 5.32 Å². The summed E-state index contributed by atoms with van der Waals surface area (Å²) in [5.74, 6) is -0.951. The van der Waals surface area contributed by atoms with Crippen LogP contribution in [0, 0.1) is 0 Å². The Morgan fingerprint density at radius 3 is 2.58 bits per heavy atom. The Bertz CT molecular complexity index is 1230. The lowest BCUT2D eigenvalue weighted by atomic mass is 9.92. The minimum atomic E-state index is -1.39. The van der Waals surface area contributed by atoms with E-state index in [1.165, 1.54) is 11.0 Å². The molecule has 1 saturated heterocycles. The molecule has 0 bridgehead atoms. The summed E-state index contributed by atoms with van der Waals surface area (Å²) in [6.45, 7) is 1.43. The van der Waals surface area contributed by atoms with Crippen LogP contribution in [0.15, 0.2) is 60.9 Å². The Kier molecular flexibility index (Phi) is 6.14. The summed E-state index contributed by atoms with van der Waals surface area (Å²) in [5, 5.41) is 7.63. The molecule has 33 heavy (non-hydrogen) atoms. The highest BCUT2D eigenvalue weighted by Crippen LogP contribution is 2.35. The van der Waals surface area contributed by atoms with Crippen molar-refractivity contribution in [2.75, 3.05) is 13.6 Å². The number of amides is 4. The van der Waals surface area contributed by atoms with Gasteiger partial charge >= 0.3 is 6.03 Å². The number of aromatic nitrogens is 2. The van der Waals surface area contributed by atoms with Gasteiger partial charge in [0, 0.05) is 41.0 Å². The van der Waals surface area contributed by atoms with Crippen LogP contribution in [-0.2, 0) is 21.7 Å². The van der Waals surface area contributed by atoms with E-state index in [1.807, 2.05) is 36.5 Å². The van der Waals surface area contributed by atoms with E-state index in [2.05, 4.69) is 10.4 Å². The zero-order chi connectivity index (χ0) is 23.8. The van der Waals surface area contributed by atoms with Crippen molar-refractivity contribution in [2.24, 2.45) is 0 Å². The fourth-order valence-electron chi connectivity index (χ4n) is 3.70. The third kappa shape index (κ3) is 4.44. The number of hydrogen-bond acceptors (Lipinski definition) is 4. The molecule has 0 spiro atoms. The average molecular weight is 486 g/mol. The topological polar surface area (TPSA) is 87.5 Å². The summed E-state index contributed by atoms with van der Waals surface area (Å²) in [4.78, 5) is 40.8. The van der Waals surface area contributed by atoms with Gasteiger partial charge in [0.2, 0.25) is 5.91 Å². The Hall–Kier alpha value is -3.36. The normalized spacial score (nSPS) is 17.9. The summed E-state index contributed by atoms with van der Waals surface area (Å²) in [6.07, 6.45) is 3.50. The molecular formula is C23H21Cl2N5O3. The predicted octanol–water partition coefficient (Wildman–Crippen LogP) is 3.60. The Labute approximate surface area is 200 Å². The number of hydrogen-bond donors (Lipinski definition) is 1. The molecular weight excluding hydrogens is 465 g/mol. The van der Waals surface area contributed by atoms with Crippen LogP contribution in [0.25, 0.3) is 5.69 Å². The molecule has 4 amide bonds. The fraction of sp³-hybridized carbons (Fsp3) is 0.217. The molecule has 0 radical (unpaired) electrons. The molecule has 1 unspecified atom stereocenters. The maximum absolute atomic E-state index is 13.1. The van der Waals surface area contributed by atoms with Crippen molar-refractivity contribution in [2.45, 2.75) is 19.0 Å². The molecule has 10 heteroatoms. The molecule has 2 heterocycles. The van der Waals surface area contributed by atoms with Gasteiger partial charge < -0.3 is 10.2 Å². The molecule has 1 fully saturated rings. The lowest BCUT2D eigenvalue weighted by Crippen LogP contribution is -2.43. The van der Waals surface area contributed by atoms with Crippen LogP contribution in [0.4, 0.5) is 4.79 Å². The number of nitrogens with zero attached hydrogens (tertiary/aromatic N) is 4. The molecule has 0 aliphatic carbocycles. The lowest BCUT2D eigenvalue weighted by molar-refractivity contribution is -0.138. The molecule has 170 valence electrons. The summed E-state index contributed by atoms with van der Waals surface area (Å²) in [7, 11) is 1.61. The van der Waals surface area contributed by atoms with E-state index in [0.717, 1.165) is 16.2 Å². The second-order valence-corrected chi connectivity index (χ2v) is 8.79. The van der Waals surface area contributed by atoms with Crippen molar-refractivity contribution < 1.29 is 14.4 Å². The molecule has 2 aromatic carbocycles. The maximum Gasteiger partial charge on any atom is 0.325 e. The van der Waals surface area contributed by atoms with E-state index in [4.69, 9.17) is 23.2 Å². The Morgan fingerprint density at radius 2 is 1.88 bits per heavy atom. The summed E-state index contributed by atoms with van der Waals surface area (Å²) in [5.41, 5.74) is 0.722. The van der Waals surface area contributed by atoms with Gasteiger partial charge in [0.1, 0.15) is 12.1 Å². The number of carbonyl (C=O) groups is 3. The standard InChI is InChI=1S/C23H21Cl2N5O3/c1-23(18-9-8-16(24)10-19(18)25)21(32)29(22(33)27-23)14-20(31)28(2)12-15-11-26-30(13-15)17-6-4-3-5-7-17/h3-11,13H,12,14H2,1-2H3,(H,27,33). The van der Waals surface area contributed by atoms with Gasteiger partial charge in [0.15, 0.2) is 0 Å². The molecule has 1 atom stereocenters. The first kappa shape index (κ1) is 22.8. The minimum absolute atomic E-state index is 0.249. The van der Waals surface area contributed by atoms with Gasteiger partial charge in [-0.1, -0.05) is 47.5 Å². The van der Waals surface area contributed by atoms with Crippen molar-refractivity contribution in [1.82, 2.24) is 24.9 Å². The van der Waals surface area contributed by atoms with Gasteiger partial charge in [-0.2, -0.15) is 5.10 Å². The first-order valence-corrected chi connectivity index (χ1v) is 10.9. The average Bonchev–Trinajstić information content (AvgIpc) is 3.33. The van der Waals surface area contributed by atoms with Crippen LogP contribution in [0.5, 0.6) is 0 Å². The third-order valence-electron chi connectivity index (χ3n) is 5.54. The largest absolute Gasteiger partial charge is 0.340 e. The highest BCUT2D eigenvalue weighted by Gasteiger charge is 2.50. The van der Waals surface area contributed by atoms with Crippen molar-refractivity contribution in [1.29, 1.82) is 0 Å². The van der Waals surface area contributed by atoms with Crippen LogP contribution in [0.2, 0.25) is 10.0 Å². The van der Waals surface area contributed by atoms with Crippen LogP contribution in [0.3, 0.4) is 0 Å². The van der Waals surface area contributed by atoms with Gasteiger partial charge in [0.05, 0.1) is 11.9 Å². The number of rotatable bonds is 6. The highest BCUT2D eigenvalue weighted by molar-refractivity contribution is 6.35. The highest BCUT2D eigenvalue weighted by atomic mass is 35.5. The van der Waals surface area contributed by atoms with Gasteiger partial charge in [-0.3, -0.25) is 14.5 Å². The van der Waals surface area contributed by atoms with Crippen LogP contribution in [-0.4, -0.2) is 51.0 Å². The number of carbonyl (C=O) groups excluding carboxylic acids is 3. The smallest absolute Gasteiger partial charge is 0.325 e. The molecule has 1 aliphatic heterocycles. The fourth-order valence-corrected chi connectivity index (χ4v) is 4.30. The predicted molar refractivity (Wildman–Crippen MR) is 124 cm³/mol. The molecule has 3 aromatic rings. The lowest BCUT2D eigenvalue weighted by Gasteiger charge is -2.24. The number of halogens is 2. The zero-order valence-corrected chi connectivity index (χ0v) is 19.5. The van der Waals surface area contributed by atoms with E-state index in [9.17, 15) is 14.4 Å². The van der Waals surface area contributed by atoms with Gasteiger partial charge in [-0.05, 0) is 31.2 Å². The second kappa shape index (κ2) is 8.88. The first-order chi connectivity index (χ1) is 15.7. The van der Waals surface area contributed by atoms with E-state index in [-0.39, 0.29) is 11.6 Å². The summed E-state index contributed by atoms with van der Waals surface area (Å²) >= 11 is 12.2. The van der Waals surface area contributed by atoms with Gasteiger partial charge in [-0.15, -0.1) is 0 Å². The van der Waals surface area contributed by atoms with Crippen molar-refractivity contribution in [3.63, 3.8) is 0 Å². The number of benzene rings is 2. The molecule has 0 saturated carbocycles. The minimum Gasteiger partial charge on any atom is -0.340 e. The SMILES string of the molecule is CN(Cc1cnn(-c2ccccc2)c1)C(=O)CN1C(=O)NC(C)(c2ccc(Cl)cc2Cl)C1=O. The van der Waals surface area contributed by atoms with Crippen LogP contribution in [0.1, 0.15) is 18.1 Å². The maximum atomic E-state index is 13.1. The van der Waals surface area contributed by atoms with E-state index < -0.39 is 29.9 Å². The van der Waals surface area contributed by atoms with Crippen LogP contribution >= 0.6 is 23.2 Å². The number of likely N-dealkylation sites (N-methyl/N-ethyl adjacent to an activating group) is 1. The van der Waals surface area contributed by atoms with E-state index >= 15 is 0 Å². The molecule has 1 N–H and O–H groups in total. The van der Waals surface area contributed by atoms with Crippen molar-refractivity contribution in [3.05, 3.63) is 82.1 Å². The number of imide groups is 1. The second-order valence-electron chi connectivity index (χ2n) is 7.95. The number of urea groups is 1. The molecule has 8 nitrogen and oxygen atoms in total. The van der Waals surface area contributed by atoms with Gasteiger partial charge in [-0.25, -0.2) is 9.48 Å². The van der Waals surface area contributed by atoms with Gasteiger partial charge in [0.25, 0.3) is 5.91 Å². The summed E-state index contributed by atoms with van der Waals surface area (Å²) < 4.78 is 1.71. The molecule has 1 aromatic heterocycles. The quantitative estimate of drug-likeness (QED) is 0.540. The van der Waals surface area contributed by atoms with E-state index in [1.54, 1.807) is 37.0 Å². The van der Waals surface area contributed by atoms with Crippen molar-refractivity contribution in [3.8, 4) is 5.69 Å². The zero-order valence-electron chi connectivity index (χ0n) is 18.0. The molecule has 4 rings (SSSR count). The molecule has 1 aliphatic rings. The number of para-hydroxylation sites is 1. The Balaban J connectivity index is 1.44. The van der Waals surface area contributed by atoms with E-state index in [0.29, 0.717) is 10.6 Å². The van der Waals surface area contributed by atoms with Crippen molar-refractivity contribution >= 4 is 41.0 Å². The number of nitrogens with one attached hydrogen (secondary N) is 1.